The summed E-state index contributed by atoms with van der Waals surface area (Å²) < 4.78 is 0. The number of hydrogen-bond donors (Lipinski definition) is 1. The normalized spacial score (nSPS) is 18.2. The van der Waals surface area contributed by atoms with Crippen LogP contribution in [0, 0.1) is 12.3 Å². The fourth-order valence-electron chi connectivity index (χ4n) is 3.01. The number of thiophene rings is 1. The first-order valence-electron chi connectivity index (χ1n) is 8.14. The lowest BCUT2D eigenvalue weighted by Crippen LogP contribution is -2.32. The molecule has 1 aromatic heterocycles. The fraction of sp³-hybridized carbons (Fsp3) is 0.300. The minimum absolute atomic E-state index is 0.187. The molecule has 130 valence electrons. The molecule has 1 unspecified atom stereocenters. The van der Waals surface area contributed by atoms with E-state index in [9.17, 15) is 14.7 Å². The van der Waals surface area contributed by atoms with Crippen LogP contribution >= 0.6 is 11.3 Å². The van der Waals surface area contributed by atoms with Gasteiger partial charge in [-0.3, -0.25) is 14.5 Å². The van der Waals surface area contributed by atoms with Crippen LogP contribution in [-0.4, -0.2) is 16.8 Å². The molecular formula is C20H21NO3S. The summed E-state index contributed by atoms with van der Waals surface area (Å²) in [5.74, 6) is -1.19. The number of anilines is 1. The van der Waals surface area contributed by atoms with Crippen molar-refractivity contribution in [2.45, 2.75) is 33.7 Å². The summed E-state index contributed by atoms with van der Waals surface area (Å²) in [6, 6.07) is 10.5. The maximum Gasteiger partial charge on any atom is 0.294 e. The molecule has 1 atom stereocenters. The van der Waals surface area contributed by atoms with Gasteiger partial charge in [-0.05, 0) is 36.1 Å². The van der Waals surface area contributed by atoms with Gasteiger partial charge < -0.3 is 5.11 Å². The highest BCUT2D eigenvalue weighted by Gasteiger charge is 2.47. The van der Waals surface area contributed by atoms with Gasteiger partial charge in [-0.1, -0.05) is 39.0 Å². The summed E-state index contributed by atoms with van der Waals surface area (Å²) >= 11 is 1.49. The fourth-order valence-corrected chi connectivity index (χ4v) is 4.03. The summed E-state index contributed by atoms with van der Waals surface area (Å²) in [7, 11) is 0. The Labute approximate surface area is 151 Å². The SMILES string of the molecule is Cc1ccsc1C1C(C(=O)C(C)(C)C)=C(O)C(=O)N1c1ccccc1. The van der Waals surface area contributed by atoms with Gasteiger partial charge in [0.15, 0.2) is 11.5 Å². The second-order valence-electron chi connectivity index (χ2n) is 7.22. The molecule has 0 saturated carbocycles. The van der Waals surface area contributed by atoms with Gasteiger partial charge in [0.2, 0.25) is 0 Å². The van der Waals surface area contributed by atoms with Gasteiger partial charge in [0.25, 0.3) is 5.91 Å². The van der Waals surface area contributed by atoms with Gasteiger partial charge in [0.1, 0.15) is 6.04 Å². The molecule has 5 heteroatoms. The zero-order valence-corrected chi connectivity index (χ0v) is 15.6. The largest absolute Gasteiger partial charge is 0.503 e. The number of aliphatic hydroxyl groups is 1. The Morgan fingerprint density at radius 1 is 1.16 bits per heavy atom. The molecular weight excluding hydrogens is 334 g/mol. The number of Topliss-reactive ketones (excluding diaryl/α,β-unsaturated/α-hetero) is 1. The van der Waals surface area contributed by atoms with Crippen LogP contribution < -0.4 is 4.90 Å². The highest BCUT2D eigenvalue weighted by atomic mass is 32.1. The minimum atomic E-state index is -0.695. The summed E-state index contributed by atoms with van der Waals surface area (Å²) in [4.78, 5) is 28.3. The molecule has 1 N–H and O–H groups in total. The summed E-state index contributed by atoms with van der Waals surface area (Å²) in [5.41, 5.74) is 1.15. The van der Waals surface area contributed by atoms with E-state index < -0.39 is 23.1 Å². The predicted octanol–water partition coefficient (Wildman–Crippen LogP) is 4.57. The average molecular weight is 355 g/mol. The van der Waals surface area contributed by atoms with Crippen LogP contribution in [0.4, 0.5) is 5.69 Å². The van der Waals surface area contributed by atoms with Crippen molar-refractivity contribution in [3.8, 4) is 0 Å². The maximum absolute atomic E-state index is 13.0. The Bertz CT molecular complexity index is 859. The summed E-state index contributed by atoms with van der Waals surface area (Å²) in [6.45, 7) is 7.34. The Kier molecular flexibility index (Phi) is 4.29. The number of nitrogens with zero attached hydrogens (tertiary/aromatic N) is 1. The van der Waals surface area contributed by atoms with E-state index in [1.807, 2.05) is 48.7 Å². The highest BCUT2D eigenvalue weighted by molar-refractivity contribution is 7.10. The molecule has 0 radical (unpaired) electrons. The van der Waals surface area contributed by atoms with Crippen molar-refractivity contribution in [2.24, 2.45) is 5.41 Å². The number of carbonyl (C=O) groups is 2. The number of aryl methyl sites for hydroxylation is 1. The first-order valence-corrected chi connectivity index (χ1v) is 9.02. The third kappa shape index (κ3) is 2.89. The second-order valence-corrected chi connectivity index (χ2v) is 8.17. The number of aliphatic hydroxyl groups excluding tert-OH is 1. The van der Waals surface area contributed by atoms with E-state index in [1.54, 1.807) is 20.8 Å². The maximum atomic E-state index is 13.0. The number of para-hydroxylation sites is 1. The standard InChI is InChI=1S/C20H21NO3S/c1-12-10-11-25-17(12)15-14(18(23)20(2,3)4)16(22)19(24)21(15)13-8-6-5-7-9-13/h5-11,15,22H,1-4H3. The zero-order valence-electron chi connectivity index (χ0n) is 14.7. The van der Waals surface area contributed by atoms with Crippen molar-refractivity contribution in [1.82, 2.24) is 0 Å². The van der Waals surface area contributed by atoms with E-state index in [0.29, 0.717) is 5.69 Å². The topological polar surface area (TPSA) is 57.6 Å². The smallest absolute Gasteiger partial charge is 0.294 e. The van der Waals surface area contributed by atoms with Crippen molar-refractivity contribution in [3.63, 3.8) is 0 Å². The van der Waals surface area contributed by atoms with Crippen LogP contribution in [0.3, 0.4) is 0 Å². The van der Waals surface area contributed by atoms with Gasteiger partial charge in [-0.2, -0.15) is 0 Å². The van der Waals surface area contributed by atoms with Gasteiger partial charge in [0.05, 0.1) is 5.57 Å². The van der Waals surface area contributed by atoms with Crippen molar-refractivity contribution in [3.05, 3.63) is 63.6 Å². The van der Waals surface area contributed by atoms with E-state index in [1.165, 1.54) is 16.2 Å². The molecule has 25 heavy (non-hydrogen) atoms. The molecule has 1 aliphatic heterocycles. The van der Waals surface area contributed by atoms with Crippen LogP contribution in [-0.2, 0) is 9.59 Å². The van der Waals surface area contributed by atoms with Gasteiger partial charge in [-0.15, -0.1) is 11.3 Å². The van der Waals surface area contributed by atoms with Gasteiger partial charge in [-0.25, -0.2) is 0 Å². The van der Waals surface area contributed by atoms with Crippen molar-refractivity contribution < 1.29 is 14.7 Å². The van der Waals surface area contributed by atoms with Gasteiger partial charge in [0, 0.05) is 16.0 Å². The molecule has 0 saturated heterocycles. The highest BCUT2D eigenvalue weighted by Crippen LogP contribution is 2.45. The first-order chi connectivity index (χ1) is 11.7. The van der Waals surface area contributed by atoms with E-state index in [0.717, 1.165) is 10.4 Å². The average Bonchev–Trinajstić information content (AvgIpc) is 3.08. The Hall–Kier alpha value is -2.40. The second kappa shape index (κ2) is 6.15. The number of ketones is 1. The third-order valence-electron chi connectivity index (χ3n) is 4.32. The molecule has 2 aromatic rings. The van der Waals surface area contributed by atoms with Crippen LogP contribution in [0.25, 0.3) is 0 Å². The monoisotopic (exact) mass is 355 g/mol. The summed E-state index contributed by atoms with van der Waals surface area (Å²) in [5, 5.41) is 12.5. The lowest BCUT2D eigenvalue weighted by Gasteiger charge is -2.28. The van der Waals surface area contributed by atoms with Crippen LogP contribution in [0.15, 0.2) is 53.1 Å². The molecule has 2 heterocycles. The number of benzene rings is 1. The zero-order chi connectivity index (χ0) is 18.4. The molecule has 3 rings (SSSR count). The van der Waals surface area contributed by atoms with Crippen LogP contribution in [0.2, 0.25) is 0 Å². The molecule has 1 aromatic carbocycles. The van der Waals surface area contributed by atoms with Crippen molar-refractivity contribution in [2.75, 3.05) is 4.90 Å². The van der Waals surface area contributed by atoms with E-state index in [2.05, 4.69) is 0 Å². The molecule has 4 nitrogen and oxygen atoms in total. The number of amides is 1. The third-order valence-corrected chi connectivity index (χ3v) is 5.39. The van der Waals surface area contributed by atoms with Gasteiger partial charge >= 0.3 is 0 Å². The van der Waals surface area contributed by atoms with E-state index in [4.69, 9.17) is 0 Å². The number of hydrogen-bond acceptors (Lipinski definition) is 4. The lowest BCUT2D eigenvalue weighted by molar-refractivity contribution is -0.123. The molecule has 0 fully saturated rings. The lowest BCUT2D eigenvalue weighted by atomic mass is 9.83. The quantitative estimate of drug-likeness (QED) is 0.877. The Morgan fingerprint density at radius 2 is 1.80 bits per heavy atom. The number of rotatable bonds is 3. The number of carbonyl (C=O) groups excluding carboxylic acids is 2. The van der Waals surface area contributed by atoms with E-state index in [-0.39, 0.29) is 11.4 Å². The summed E-state index contributed by atoms with van der Waals surface area (Å²) in [6.07, 6.45) is 0. The molecule has 0 bridgehead atoms. The van der Waals surface area contributed by atoms with Crippen molar-refractivity contribution in [1.29, 1.82) is 0 Å². The molecule has 0 spiro atoms. The molecule has 1 amide bonds. The first kappa shape index (κ1) is 17.4. The predicted molar refractivity (Wildman–Crippen MR) is 99.8 cm³/mol. The minimum Gasteiger partial charge on any atom is -0.503 e. The molecule has 0 aliphatic carbocycles. The Morgan fingerprint density at radius 3 is 2.32 bits per heavy atom. The van der Waals surface area contributed by atoms with Crippen molar-refractivity contribution >= 4 is 28.7 Å². The Balaban J connectivity index is 2.21. The molecule has 1 aliphatic rings. The van der Waals surface area contributed by atoms with Crippen LogP contribution in [0.5, 0.6) is 0 Å². The van der Waals surface area contributed by atoms with E-state index >= 15 is 0 Å². The van der Waals surface area contributed by atoms with Crippen LogP contribution in [0.1, 0.15) is 37.3 Å².